The molecule has 8 nitrogen and oxygen atoms in total. The van der Waals surface area contributed by atoms with Gasteiger partial charge >= 0.3 is 24.5 Å². The van der Waals surface area contributed by atoms with Crippen molar-refractivity contribution >= 4 is 30.0 Å². The molecule has 0 unspecified atom stereocenters. The van der Waals surface area contributed by atoms with Gasteiger partial charge in [-0.3, -0.25) is 14.6 Å². The monoisotopic (exact) mass is 587 g/mol. The molecule has 2 aliphatic heterocycles. The summed E-state index contributed by atoms with van der Waals surface area (Å²) in [7, 11) is 1.04. The number of methoxy groups -OCH3 is 1. The molecule has 0 bridgehead atoms. The first-order valence-corrected chi connectivity index (χ1v) is 12.7. The van der Waals surface area contributed by atoms with Crippen LogP contribution in [0.15, 0.2) is 30.3 Å². The molecule has 2 atom stereocenters. The van der Waals surface area contributed by atoms with Gasteiger partial charge < -0.3 is 14.4 Å². The second kappa shape index (κ2) is 11.1. The summed E-state index contributed by atoms with van der Waals surface area (Å²) in [6, 6.07) is 2.89. The van der Waals surface area contributed by atoms with Gasteiger partial charge in [-0.05, 0) is 68.1 Å². The second-order valence-corrected chi connectivity index (χ2v) is 9.77. The van der Waals surface area contributed by atoms with Gasteiger partial charge in [0.25, 0.3) is 0 Å². The molecule has 0 saturated heterocycles. The molecular formula is C27H27F6N3O5. The number of benzene rings is 2. The molecule has 0 spiro atoms. The van der Waals surface area contributed by atoms with Crippen molar-refractivity contribution in [1.29, 1.82) is 0 Å². The minimum Gasteiger partial charge on any atom is -0.453 e. The smallest absolute Gasteiger partial charge is 0.416 e. The van der Waals surface area contributed by atoms with Crippen molar-refractivity contribution in [2.45, 2.75) is 57.7 Å². The first-order chi connectivity index (χ1) is 19.2. The minimum absolute atomic E-state index is 0.0124. The van der Waals surface area contributed by atoms with Gasteiger partial charge in [0.15, 0.2) is 0 Å². The molecule has 3 amide bonds. The molecule has 0 N–H and O–H groups in total. The van der Waals surface area contributed by atoms with E-state index in [0.29, 0.717) is 48.4 Å². The molecule has 4 rings (SSSR count). The lowest BCUT2D eigenvalue weighted by Gasteiger charge is -2.43. The molecule has 0 radical (unpaired) electrons. The van der Waals surface area contributed by atoms with Gasteiger partial charge in [0.05, 0.1) is 36.6 Å². The summed E-state index contributed by atoms with van der Waals surface area (Å²) in [4.78, 5) is 41.5. The van der Waals surface area contributed by atoms with Crippen molar-refractivity contribution in [3.8, 4) is 0 Å². The summed E-state index contributed by atoms with van der Waals surface area (Å²) in [5.74, 6) is 0. The average Bonchev–Trinajstić information content (AvgIpc) is 3.30. The largest absolute Gasteiger partial charge is 0.453 e. The van der Waals surface area contributed by atoms with E-state index in [0.717, 1.165) is 17.6 Å². The number of hydrogen-bond donors (Lipinski definition) is 0. The van der Waals surface area contributed by atoms with Crippen molar-refractivity contribution in [1.82, 2.24) is 4.90 Å². The molecule has 41 heavy (non-hydrogen) atoms. The number of carbonyl (C=O) groups excluding carboxylic acids is 3. The van der Waals surface area contributed by atoms with E-state index in [1.165, 1.54) is 9.80 Å². The van der Waals surface area contributed by atoms with Gasteiger partial charge in [-0.1, -0.05) is 0 Å². The Morgan fingerprint density at radius 3 is 2.20 bits per heavy atom. The van der Waals surface area contributed by atoms with Crippen LogP contribution in [-0.2, 0) is 39.6 Å². The van der Waals surface area contributed by atoms with Crippen LogP contribution < -0.4 is 9.80 Å². The predicted octanol–water partition coefficient (Wildman–Crippen LogP) is 6.31. The molecule has 2 aromatic rings. The summed E-state index contributed by atoms with van der Waals surface area (Å²) in [6.07, 6.45) is -10.7. The molecule has 0 saturated carbocycles. The molecule has 0 fully saturated rings. The minimum atomic E-state index is -5.07. The standard InChI is InChI=1S/C27H27F6N3O5/c1-4-41-25(39)36-15(2)7-22(20-12-21-17(10-23(20)36)5-6-34(21)14-37)35(24(38)40-3)13-16-8-18(26(28,29)30)11-19(9-16)27(31,32)33/h8-12,14-15,22H,4-7,13H2,1-3H3/t15-,22+/m0/s1. The topological polar surface area (TPSA) is 79.4 Å². The van der Waals surface area contributed by atoms with Gasteiger partial charge in [-0.2, -0.15) is 26.3 Å². The van der Waals surface area contributed by atoms with Crippen molar-refractivity contribution < 1.29 is 50.2 Å². The number of alkyl halides is 6. The lowest BCUT2D eigenvalue weighted by atomic mass is 9.88. The second-order valence-electron chi connectivity index (χ2n) is 9.77. The summed E-state index contributed by atoms with van der Waals surface area (Å²) < 4.78 is 91.3. The number of carbonyl (C=O) groups is 3. The van der Waals surface area contributed by atoms with Crippen LogP contribution in [0.5, 0.6) is 0 Å². The number of halogens is 6. The zero-order valence-corrected chi connectivity index (χ0v) is 22.3. The summed E-state index contributed by atoms with van der Waals surface area (Å²) in [5.41, 5.74) is -1.48. The quantitative estimate of drug-likeness (QED) is 0.303. The highest BCUT2D eigenvalue weighted by atomic mass is 19.4. The fourth-order valence-electron chi connectivity index (χ4n) is 5.34. The lowest BCUT2D eigenvalue weighted by Crippen LogP contribution is -2.47. The molecule has 2 heterocycles. The van der Waals surface area contributed by atoms with E-state index in [4.69, 9.17) is 9.47 Å². The van der Waals surface area contributed by atoms with Crippen LogP contribution in [-0.4, -0.2) is 49.8 Å². The highest BCUT2D eigenvalue weighted by molar-refractivity contribution is 5.92. The van der Waals surface area contributed by atoms with Crippen LogP contribution in [0.2, 0.25) is 0 Å². The van der Waals surface area contributed by atoms with Gasteiger partial charge in [0.2, 0.25) is 6.41 Å². The molecule has 0 aliphatic carbocycles. The van der Waals surface area contributed by atoms with E-state index in [1.807, 2.05) is 0 Å². The van der Waals surface area contributed by atoms with E-state index in [2.05, 4.69) is 0 Å². The van der Waals surface area contributed by atoms with E-state index in [1.54, 1.807) is 26.0 Å². The summed E-state index contributed by atoms with van der Waals surface area (Å²) in [5, 5.41) is 0. The van der Waals surface area contributed by atoms with Gasteiger partial charge in [-0.25, -0.2) is 9.59 Å². The molecule has 0 aromatic heterocycles. The Morgan fingerprint density at radius 1 is 1.02 bits per heavy atom. The van der Waals surface area contributed by atoms with Crippen LogP contribution in [0.3, 0.4) is 0 Å². The molecule has 14 heteroatoms. The highest BCUT2D eigenvalue weighted by Crippen LogP contribution is 2.46. The Hall–Kier alpha value is -3.97. The summed E-state index contributed by atoms with van der Waals surface area (Å²) >= 11 is 0. The number of anilines is 2. The molecule has 222 valence electrons. The van der Waals surface area contributed by atoms with Crippen molar-refractivity contribution in [3.05, 3.63) is 58.1 Å². The highest BCUT2D eigenvalue weighted by Gasteiger charge is 2.42. The Bertz CT molecular complexity index is 1310. The van der Waals surface area contributed by atoms with E-state index in [-0.39, 0.29) is 19.1 Å². The SMILES string of the molecule is CCOC(=O)N1c2cc3c(cc2[C@H](N(Cc2cc(C(F)(F)F)cc(C(F)(F)F)c2)C(=O)OC)C[C@@H]1C)N(C=O)CC3. The van der Waals surface area contributed by atoms with Gasteiger partial charge in [0.1, 0.15) is 0 Å². The number of fused-ring (bicyclic) bond motifs is 2. The predicted molar refractivity (Wildman–Crippen MR) is 134 cm³/mol. The maximum absolute atomic E-state index is 13.5. The zero-order valence-electron chi connectivity index (χ0n) is 22.3. The fraction of sp³-hybridized carbons (Fsp3) is 0.444. The number of ether oxygens (including phenoxy) is 2. The van der Waals surface area contributed by atoms with Gasteiger partial charge in [-0.15, -0.1) is 0 Å². The van der Waals surface area contributed by atoms with Crippen LogP contribution in [0, 0.1) is 0 Å². The van der Waals surface area contributed by atoms with Crippen molar-refractivity contribution in [2.75, 3.05) is 30.1 Å². The van der Waals surface area contributed by atoms with Crippen LogP contribution in [0.4, 0.5) is 47.3 Å². The molecule has 2 aliphatic rings. The molecular weight excluding hydrogens is 560 g/mol. The summed E-state index contributed by atoms with van der Waals surface area (Å²) in [6.45, 7) is 3.09. The van der Waals surface area contributed by atoms with E-state index >= 15 is 0 Å². The Labute approximate surface area is 231 Å². The number of rotatable bonds is 5. The van der Waals surface area contributed by atoms with Crippen molar-refractivity contribution in [2.24, 2.45) is 0 Å². The Morgan fingerprint density at radius 2 is 1.66 bits per heavy atom. The van der Waals surface area contributed by atoms with Crippen molar-refractivity contribution in [3.63, 3.8) is 0 Å². The maximum atomic E-state index is 13.5. The van der Waals surface area contributed by atoms with E-state index < -0.39 is 59.9 Å². The zero-order chi connectivity index (χ0) is 30.3. The third kappa shape index (κ3) is 5.91. The maximum Gasteiger partial charge on any atom is 0.416 e. The lowest BCUT2D eigenvalue weighted by molar-refractivity contribution is -0.143. The first-order valence-electron chi connectivity index (χ1n) is 12.7. The Balaban J connectivity index is 1.86. The van der Waals surface area contributed by atoms with Crippen LogP contribution in [0.1, 0.15) is 54.1 Å². The third-order valence-electron chi connectivity index (χ3n) is 7.16. The van der Waals surface area contributed by atoms with E-state index in [9.17, 15) is 40.7 Å². The number of nitrogens with zero attached hydrogens (tertiary/aromatic N) is 3. The van der Waals surface area contributed by atoms with Gasteiger partial charge in [0, 0.05) is 30.4 Å². The third-order valence-corrected chi connectivity index (χ3v) is 7.16. The fourth-order valence-corrected chi connectivity index (χ4v) is 5.34. The normalized spacial score (nSPS) is 18.5. The number of hydrogen-bond acceptors (Lipinski definition) is 5. The Kier molecular flexibility index (Phi) is 8.14. The van der Waals surface area contributed by atoms with Crippen LogP contribution in [0.25, 0.3) is 0 Å². The average molecular weight is 588 g/mol. The first kappa shape index (κ1) is 30.0. The van der Waals surface area contributed by atoms with Crippen LogP contribution >= 0.6 is 0 Å². The molecule has 2 aromatic carbocycles. The number of amides is 3.